The van der Waals surface area contributed by atoms with Crippen LogP contribution in [0.15, 0.2) is 24.3 Å². The summed E-state index contributed by atoms with van der Waals surface area (Å²) < 4.78 is 21.8. The molecule has 2 aliphatic rings. The quantitative estimate of drug-likeness (QED) is 0.195. The van der Waals surface area contributed by atoms with Crippen molar-refractivity contribution in [2.75, 3.05) is 18.5 Å². The topological polar surface area (TPSA) is 208 Å². The Kier molecular flexibility index (Phi) is 8.58. The lowest BCUT2D eigenvalue weighted by molar-refractivity contribution is -0.352. The van der Waals surface area contributed by atoms with Crippen molar-refractivity contribution >= 4 is 11.6 Å². The van der Waals surface area contributed by atoms with E-state index in [9.17, 15) is 40.5 Å². The number of rotatable bonds is 7. The molecule has 1 amide bonds. The Hall–Kier alpha value is -1.91. The molecule has 33 heavy (non-hydrogen) atoms. The van der Waals surface area contributed by atoms with Crippen molar-refractivity contribution in [1.82, 2.24) is 0 Å². The summed E-state index contributed by atoms with van der Waals surface area (Å²) in [6.45, 7) is 0.000118. The fourth-order valence-corrected chi connectivity index (χ4v) is 3.61. The standard InChI is InChI=1S/C20H29NO12/c1-8(24)21-9-2-4-10(5-3-9)30-19-17(29)15(27)18(12(7-23)32-19)33-20-16(28)14(26)13(25)11(6-22)31-20/h2-5,11-20,22-23,25-29H,6-7H2,1H3,(H,21,24)/t11?,12?,13?,14-,15?,16+,17?,18+,19-,20?/m0/s1. The van der Waals surface area contributed by atoms with E-state index < -0.39 is 74.6 Å². The fourth-order valence-electron chi connectivity index (χ4n) is 3.61. The van der Waals surface area contributed by atoms with Crippen LogP contribution in [-0.4, -0.2) is 116 Å². The highest BCUT2D eigenvalue weighted by Crippen LogP contribution is 2.30. The molecule has 2 aliphatic heterocycles. The maximum absolute atomic E-state index is 11.1. The average Bonchev–Trinajstić information content (AvgIpc) is 2.79. The second kappa shape index (κ2) is 11.0. The Morgan fingerprint density at radius 3 is 2.00 bits per heavy atom. The predicted molar refractivity (Wildman–Crippen MR) is 108 cm³/mol. The van der Waals surface area contributed by atoms with E-state index in [1.165, 1.54) is 19.1 Å². The van der Waals surface area contributed by atoms with Crippen LogP contribution in [0.25, 0.3) is 0 Å². The van der Waals surface area contributed by atoms with Crippen molar-refractivity contribution in [1.29, 1.82) is 0 Å². The Morgan fingerprint density at radius 2 is 1.42 bits per heavy atom. The molecule has 1 aromatic rings. The molecule has 1 aromatic carbocycles. The summed E-state index contributed by atoms with van der Waals surface area (Å²) in [7, 11) is 0. The number of nitrogens with one attached hydrogen (secondary N) is 1. The number of amides is 1. The van der Waals surface area contributed by atoms with Crippen LogP contribution in [0.3, 0.4) is 0 Å². The van der Waals surface area contributed by atoms with E-state index in [0.29, 0.717) is 5.69 Å². The molecule has 13 heteroatoms. The van der Waals surface area contributed by atoms with Crippen molar-refractivity contribution in [3.05, 3.63) is 24.3 Å². The number of carbonyl (C=O) groups excluding carboxylic acids is 1. The van der Waals surface area contributed by atoms with Crippen molar-refractivity contribution in [2.45, 2.75) is 68.3 Å². The number of ether oxygens (including phenoxy) is 4. The average molecular weight is 475 g/mol. The molecule has 10 atom stereocenters. The van der Waals surface area contributed by atoms with Gasteiger partial charge in [0.1, 0.15) is 54.6 Å². The molecule has 0 spiro atoms. The van der Waals surface area contributed by atoms with Crippen molar-refractivity contribution in [2.24, 2.45) is 0 Å². The van der Waals surface area contributed by atoms with Crippen LogP contribution in [-0.2, 0) is 19.0 Å². The zero-order valence-electron chi connectivity index (χ0n) is 17.7. The van der Waals surface area contributed by atoms with Gasteiger partial charge in [-0.25, -0.2) is 0 Å². The second-order valence-corrected chi connectivity index (χ2v) is 7.83. The van der Waals surface area contributed by atoms with E-state index in [-0.39, 0.29) is 11.7 Å². The summed E-state index contributed by atoms with van der Waals surface area (Å²) in [5.74, 6) is -0.0144. The molecule has 0 bridgehead atoms. The molecule has 6 unspecified atom stereocenters. The van der Waals surface area contributed by atoms with Crippen molar-refractivity contribution < 1.29 is 59.5 Å². The van der Waals surface area contributed by atoms with Crippen LogP contribution in [0.4, 0.5) is 5.69 Å². The monoisotopic (exact) mass is 475 g/mol. The third kappa shape index (κ3) is 5.78. The molecule has 0 radical (unpaired) electrons. The first-order valence-electron chi connectivity index (χ1n) is 10.3. The van der Waals surface area contributed by atoms with E-state index in [2.05, 4.69) is 5.32 Å². The number of benzene rings is 1. The zero-order valence-corrected chi connectivity index (χ0v) is 17.7. The van der Waals surface area contributed by atoms with Crippen LogP contribution < -0.4 is 10.1 Å². The first kappa shape index (κ1) is 25.7. The van der Waals surface area contributed by atoms with Gasteiger partial charge in [0.05, 0.1) is 13.2 Å². The Balaban J connectivity index is 1.68. The van der Waals surface area contributed by atoms with Gasteiger partial charge in [-0.1, -0.05) is 0 Å². The summed E-state index contributed by atoms with van der Waals surface area (Å²) in [6, 6.07) is 6.10. The van der Waals surface area contributed by atoms with Gasteiger partial charge in [0.2, 0.25) is 12.2 Å². The number of anilines is 1. The van der Waals surface area contributed by atoms with Crippen molar-refractivity contribution in [3.63, 3.8) is 0 Å². The molecular weight excluding hydrogens is 446 g/mol. The summed E-state index contributed by atoms with van der Waals surface area (Å²) in [6.07, 6.45) is -15.3. The van der Waals surface area contributed by atoms with Gasteiger partial charge >= 0.3 is 0 Å². The van der Waals surface area contributed by atoms with Gasteiger partial charge in [-0.3, -0.25) is 4.79 Å². The lowest BCUT2D eigenvalue weighted by Gasteiger charge is -2.45. The smallest absolute Gasteiger partial charge is 0.229 e. The van der Waals surface area contributed by atoms with Crippen LogP contribution in [0.1, 0.15) is 6.92 Å². The molecule has 2 saturated heterocycles. The third-order valence-corrected chi connectivity index (χ3v) is 5.39. The lowest BCUT2D eigenvalue weighted by atomic mass is 9.97. The Morgan fingerprint density at radius 1 is 0.848 bits per heavy atom. The number of hydrogen-bond acceptors (Lipinski definition) is 12. The minimum atomic E-state index is -1.75. The molecule has 0 saturated carbocycles. The zero-order chi connectivity index (χ0) is 24.3. The van der Waals surface area contributed by atoms with Crippen LogP contribution in [0, 0.1) is 0 Å². The molecule has 13 nitrogen and oxygen atoms in total. The highest BCUT2D eigenvalue weighted by Gasteiger charge is 2.51. The number of hydrogen-bond donors (Lipinski definition) is 8. The van der Waals surface area contributed by atoms with Gasteiger partial charge in [-0.15, -0.1) is 0 Å². The number of carbonyl (C=O) groups is 1. The maximum Gasteiger partial charge on any atom is 0.229 e. The van der Waals surface area contributed by atoms with E-state index in [1.807, 2.05) is 0 Å². The van der Waals surface area contributed by atoms with E-state index in [4.69, 9.17) is 18.9 Å². The first-order valence-corrected chi connectivity index (χ1v) is 10.3. The molecular formula is C20H29NO12. The molecule has 2 heterocycles. The molecule has 0 aliphatic carbocycles. The molecule has 8 N–H and O–H groups in total. The highest BCUT2D eigenvalue weighted by molar-refractivity contribution is 5.88. The van der Waals surface area contributed by atoms with Gasteiger partial charge in [-0.2, -0.15) is 0 Å². The summed E-state index contributed by atoms with van der Waals surface area (Å²) in [5, 5.41) is 72.6. The first-order chi connectivity index (χ1) is 15.7. The van der Waals surface area contributed by atoms with Gasteiger partial charge < -0.3 is 60.0 Å². The second-order valence-electron chi connectivity index (χ2n) is 7.83. The van der Waals surface area contributed by atoms with Gasteiger partial charge in [0.25, 0.3) is 0 Å². The minimum absolute atomic E-state index is 0.241. The molecule has 3 rings (SSSR count). The summed E-state index contributed by atoms with van der Waals surface area (Å²) in [4.78, 5) is 11.1. The Bertz CT molecular complexity index is 775. The fraction of sp³-hybridized carbons (Fsp3) is 0.650. The molecule has 186 valence electrons. The van der Waals surface area contributed by atoms with Gasteiger partial charge in [0.15, 0.2) is 6.29 Å². The molecule has 0 aromatic heterocycles. The van der Waals surface area contributed by atoms with E-state index in [1.54, 1.807) is 12.1 Å². The minimum Gasteiger partial charge on any atom is -0.462 e. The van der Waals surface area contributed by atoms with Gasteiger partial charge in [0, 0.05) is 12.6 Å². The maximum atomic E-state index is 11.1. The van der Waals surface area contributed by atoms with Crippen LogP contribution >= 0.6 is 0 Å². The van der Waals surface area contributed by atoms with Crippen LogP contribution in [0.5, 0.6) is 5.75 Å². The third-order valence-electron chi connectivity index (χ3n) is 5.39. The van der Waals surface area contributed by atoms with Gasteiger partial charge in [-0.05, 0) is 24.3 Å². The summed E-state index contributed by atoms with van der Waals surface area (Å²) >= 11 is 0. The van der Waals surface area contributed by atoms with E-state index >= 15 is 0 Å². The molecule has 2 fully saturated rings. The van der Waals surface area contributed by atoms with Crippen LogP contribution in [0.2, 0.25) is 0 Å². The predicted octanol–water partition coefficient (Wildman–Crippen LogP) is -3.35. The highest BCUT2D eigenvalue weighted by atomic mass is 16.7. The number of aliphatic hydroxyl groups is 7. The van der Waals surface area contributed by atoms with Crippen molar-refractivity contribution in [3.8, 4) is 5.75 Å². The Labute approximate surface area is 188 Å². The summed E-state index contributed by atoms with van der Waals surface area (Å²) in [5.41, 5.74) is 0.515. The lowest BCUT2D eigenvalue weighted by Crippen LogP contribution is -2.65. The largest absolute Gasteiger partial charge is 0.462 e. The SMILES string of the molecule is CC(=O)Nc1ccc(O[C@H]2OC(CO)[C@@H](OC3OC(CO)C(O)[C@H](O)[C@H]3O)C(O)C2O)cc1. The normalized spacial score (nSPS) is 39.2. The number of aliphatic hydroxyl groups excluding tert-OH is 7. The van der Waals surface area contributed by atoms with E-state index in [0.717, 1.165) is 0 Å².